The second kappa shape index (κ2) is 17.8. The molecule has 0 aliphatic rings. The minimum absolute atomic E-state index is 0.110. The predicted molar refractivity (Wildman–Crippen MR) is 95.4 cm³/mol. The quantitative estimate of drug-likeness (QED) is 0.178. The fourth-order valence-corrected chi connectivity index (χ4v) is 2.17. The standard InChI is InChI=1S/C17H29IO3/c1-2-3-4-5-6-7-8-9-10-12-17(19)21-16-15-20-14-11-13-18/h2-10,12,14-16H2,1H3. The molecule has 122 valence electrons. The number of hydrogen-bond acceptors (Lipinski definition) is 3. The maximum Gasteiger partial charge on any atom is 0.305 e. The van der Waals surface area contributed by atoms with Crippen LogP contribution < -0.4 is 0 Å². The minimum atomic E-state index is -0.110. The number of carbonyl (C=O) groups is 1. The maximum atomic E-state index is 11.4. The van der Waals surface area contributed by atoms with E-state index in [2.05, 4.69) is 16.8 Å². The van der Waals surface area contributed by atoms with E-state index in [0.717, 1.165) is 12.8 Å². The van der Waals surface area contributed by atoms with Gasteiger partial charge in [-0.25, -0.2) is 0 Å². The maximum absolute atomic E-state index is 11.4. The zero-order chi connectivity index (χ0) is 15.6. The molecule has 21 heavy (non-hydrogen) atoms. The second-order valence-electron chi connectivity index (χ2n) is 5.12. The smallest absolute Gasteiger partial charge is 0.305 e. The van der Waals surface area contributed by atoms with Crippen molar-refractivity contribution in [3.05, 3.63) is 0 Å². The summed E-state index contributed by atoms with van der Waals surface area (Å²) in [5, 5.41) is 0. The first-order chi connectivity index (χ1) is 10.3. The van der Waals surface area contributed by atoms with E-state index >= 15 is 0 Å². The Morgan fingerprint density at radius 2 is 1.57 bits per heavy atom. The Hall–Kier alpha value is -0.280. The van der Waals surface area contributed by atoms with E-state index in [4.69, 9.17) is 9.47 Å². The lowest BCUT2D eigenvalue weighted by Gasteiger charge is -2.05. The van der Waals surface area contributed by atoms with Crippen molar-refractivity contribution in [1.82, 2.24) is 0 Å². The van der Waals surface area contributed by atoms with Crippen LogP contribution in [0.3, 0.4) is 0 Å². The van der Waals surface area contributed by atoms with Crippen molar-refractivity contribution in [1.29, 1.82) is 0 Å². The van der Waals surface area contributed by atoms with Gasteiger partial charge in [-0.2, -0.15) is 0 Å². The molecule has 0 atom stereocenters. The van der Waals surface area contributed by atoms with Crippen molar-refractivity contribution in [2.75, 3.05) is 19.8 Å². The predicted octanol–water partition coefficient (Wildman–Crippen LogP) is 4.86. The third-order valence-electron chi connectivity index (χ3n) is 3.22. The second-order valence-corrected chi connectivity index (χ2v) is 5.66. The fraction of sp³-hybridized carbons (Fsp3) is 0.824. The van der Waals surface area contributed by atoms with E-state index in [1.165, 1.54) is 44.9 Å². The molecule has 0 saturated heterocycles. The van der Waals surface area contributed by atoms with Crippen molar-refractivity contribution in [2.24, 2.45) is 0 Å². The van der Waals surface area contributed by atoms with Gasteiger partial charge in [0.25, 0.3) is 0 Å². The van der Waals surface area contributed by atoms with Crippen LogP contribution in [-0.4, -0.2) is 25.8 Å². The SMILES string of the molecule is CCCCCCCCCCCC(=O)OCCOCC#CI. The molecule has 0 aromatic rings. The molecule has 0 N–H and O–H groups in total. The van der Waals surface area contributed by atoms with Crippen LogP contribution in [0.1, 0.15) is 71.1 Å². The van der Waals surface area contributed by atoms with Crippen LogP contribution in [0.5, 0.6) is 0 Å². The molecule has 0 rings (SSSR count). The monoisotopic (exact) mass is 408 g/mol. The van der Waals surface area contributed by atoms with Gasteiger partial charge in [0.1, 0.15) is 13.2 Å². The lowest BCUT2D eigenvalue weighted by atomic mass is 10.1. The molecule has 0 aromatic carbocycles. The van der Waals surface area contributed by atoms with Crippen LogP contribution in [0.2, 0.25) is 0 Å². The third-order valence-corrected chi connectivity index (χ3v) is 3.60. The van der Waals surface area contributed by atoms with E-state index < -0.39 is 0 Å². The first kappa shape index (κ1) is 20.7. The molecule has 0 heterocycles. The summed E-state index contributed by atoms with van der Waals surface area (Å²) in [5.74, 6) is 2.67. The first-order valence-electron chi connectivity index (χ1n) is 8.13. The lowest BCUT2D eigenvalue weighted by Crippen LogP contribution is -2.10. The Labute approximate surface area is 143 Å². The third kappa shape index (κ3) is 17.7. The molecular formula is C17H29IO3. The molecule has 0 saturated carbocycles. The molecule has 0 aliphatic carbocycles. The molecule has 0 aromatic heterocycles. The molecule has 0 fully saturated rings. The van der Waals surface area contributed by atoms with Crippen molar-refractivity contribution in [2.45, 2.75) is 71.1 Å². The Morgan fingerprint density at radius 3 is 2.19 bits per heavy atom. The van der Waals surface area contributed by atoms with Gasteiger partial charge in [-0.05, 0) is 10.3 Å². The van der Waals surface area contributed by atoms with Crippen molar-refractivity contribution < 1.29 is 14.3 Å². The number of rotatable bonds is 14. The average Bonchev–Trinajstić information content (AvgIpc) is 2.49. The number of ether oxygens (including phenoxy) is 2. The first-order valence-corrected chi connectivity index (χ1v) is 9.21. The highest BCUT2D eigenvalue weighted by Crippen LogP contribution is 2.10. The van der Waals surface area contributed by atoms with Gasteiger partial charge in [-0.1, -0.05) is 64.2 Å². The van der Waals surface area contributed by atoms with Gasteiger partial charge in [-0.3, -0.25) is 4.79 Å². The molecule has 0 amide bonds. The van der Waals surface area contributed by atoms with Crippen molar-refractivity contribution in [3.63, 3.8) is 0 Å². The lowest BCUT2D eigenvalue weighted by molar-refractivity contribution is -0.145. The van der Waals surface area contributed by atoms with E-state index in [1.54, 1.807) is 0 Å². The summed E-state index contributed by atoms with van der Waals surface area (Å²) in [6.07, 6.45) is 11.9. The molecule has 3 nitrogen and oxygen atoms in total. The number of halogens is 1. The van der Waals surface area contributed by atoms with Gasteiger partial charge in [-0.15, -0.1) is 0 Å². The minimum Gasteiger partial charge on any atom is -0.463 e. The number of unbranched alkanes of at least 4 members (excludes halogenated alkanes) is 8. The topological polar surface area (TPSA) is 35.5 Å². The Morgan fingerprint density at radius 1 is 0.952 bits per heavy atom. The van der Waals surface area contributed by atoms with Crippen LogP contribution >= 0.6 is 22.6 Å². The van der Waals surface area contributed by atoms with Crippen LogP contribution in [0.15, 0.2) is 0 Å². The fourth-order valence-electron chi connectivity index (χ4n) is 2.02. The number of carbonyl (C=O) groups excluding carboxylic acids is 1. The molecule has 0 spiro atoms. The largest absolute Gasteiger partial charge is 0.463 e. The van der Waals surface area contributed by atoms with Crippen LogP contribution in [0, 0.1) is 9.85 Å². The average molecular weight is 408 g/mol. The van der Waals surface area contributed by atoms with Gasteiger partial charge < -0.3 is 9.47 Å². The Bertz CT molecular complexity index is 294. The summed E-state index contributed by atoms with van der Waals surface area (Å²) in [6.45, 7) is 3.40. The summed E-state index contributed by atoms with van der Waals surface area (Å²) in [7, 11) is 0. The Kier molecular flexibility index (Phi) is 17.5. The van der Waals surface area contributed by atoms with Crippen LogP contribution in [0.25, 0.3) is 0 Å². The molecule has 0 bridgehead atoms. The van der Waals surface area contributed by atoms with Gasteiger partial charge in [0.05, 0.1) is 6.61 Å². The van der Waals surface area contributed by atoms with Crippen LogP contribution in [0.4, 0.5) is 0 Å². The summed E-state index contributed by atoms with van der Waals surface area (Å²) in [6, 6.07) is 0. The van der Waals surface area contributed by atoms with E-state index in [1.807, 2.05) is 22.6 Å². The van der Waals surface area contributed by atoms with E-state index in [0.29, 0.717) is 26.2 Å². The zero-order valence-corrected chi connectivity index (χ0v) is 15.5. The summed E-state index contributed by atoms with van der Waals surface area (Å²) in [4.78, 5) is 11.4. The van der Waals surface area contributed by atoms with Gasteiger partial charge >= 0.3 is 5.97 Å². The summed E-state index contributed by atoms with van der Waals surface area (Å²) >= 11 is 1.97. The number of hydrogen-bond donors (Lipinski definition) is 0. The van der Waals surface area contributed by atoms with Gasteiger partial charge in [0.15, 0.2) is 0 Å². The molecule has 0 unspecified atom stereocenters. The van der Waals surface area contributed by atoms with Crippen LogP contribution in [-0.2, 0) is 14.3 Å². The van der Waals surface area contributed by atoms with Crippen molar-refractivity contribution in [3.8, 4) is 9.85 Å². The highest BCUT2D eigenvalue weighted by molar-refractivity contribution is 14.1. The highest BCUT2D eigenvalue weighted by Gasteiger charge is 2.02. The van der Waals surface area contributed by atoms with Crippen molar-refractivity contribution >= 4 is 28.6 Å². The number of esters is 1. The Balaban J connectivity index is 3.17. The molecule has 0 radical (unpaired) electrons. The van der Waals surface area contributed by atoms with Gasteiger partial charge in [0.2, 0.25) is 0 Å². The molecule has 0 aliphatic heterocycles. The van der Waals surface area contributed by atoms with E-state index in [9.17, 15) is 4.79 Å². The molecule has 4 heteroatoms. The summed E-state index contributed by atoms with van der Waals surface area (Å²) < 4.78 is 13.0. The van der Waals surface area contributed by atoms with E-state index in [-0.39, 0.29) is 5.97 Å². The van der Waals surface area contributed by atoms with Gasteiger partial charge in [0, 0.05) is 29.0 Å². The zero-order valence-electron chi connectivity index (χ0n) is 13.3. The highest BCUT2D eigenvalue weighted by atomic mass is 127. The molecular weight excluding hydrogens is 379 g/mol. The summed E-state index contributed by atoms with van der Waals surface area (Å²) in [5.41, 5.74) is 0. The normalized spacial score (nSPS) is 10.0.